The van der Waals surface area contributed by atoms with Crippen LogP contribution >= 0.6 is 11.8 Å². The predicted octanol–water partition coefficient (Wildman–Crippen LogP) is 5.19. The summed E-state index contributed by atoms with van der Waals surface area (Å²) in [6, 6.07) is 31.9. The van der Waals surface area contributed by atoms with E-state index in [0.717, 1.165) is 33.4 Å². The van der Waals surface area contributed by atoms with Crippen LogP contribution in [0.5, 0.6) is 0 Å². The van der Waals surface area contributed by atoms with Gasteiger partial charge >= 0.3 is 0 Å². The molecule has 1 fully saturated rings. The van der Waals surface area contributed by atoms with Crippen LogP contribution < -0.4 is 4.72 Å². The Morgan fingerprint density at radius 1 is 0.889 bits per heavy atom. The van der Waals surface area contributed by atoms with Gasteiger partial charge in [-0.3, -0.25) is 0 Å². The summed E-state index contributed by atoms with van der Waals surface area (Å²) in [5.74, 6) is 0.639. The van der Waals surface area contributed by atoms with Crippen molar-refractivity contribution >= 4 is 21.8 Å². The Bertz CT molecular complexity index is 1830. The molecule has 0 unspecified atom stereocenters. The number of aromatic nitrogens is 4. The molecule has 0 radical (unpaired) electrons. The minimum absolute atomic E-state index is 0.0184. The number of aliphatic hydroxyl groups excluding tert-OH is 1. The van der Waals surface area contributed by atoms with Gasteiger partial charge in [-0.15, -0.1) is 5.10 Å². The summed E-state index contributed by atoms with van der Waals surface area (Å²) in [4.78, 5) is 0.230. The zero-order chi connectivity index (χ0) is 31.2. The number of sulfonamides is 1. The number of aliphatic hydroxyl groups is 1. The van der Waals surface area contributed by atoms with Gasteiger partial charge in [0.1, 0.15) is 0 Å². The number of hydrogen-bond acceptors (Lipinski definition) is 9. The highest BCUT2D eigenvalue weighted by atomic mass is 32.2. The maximum absolute atomic E-state index is 12.7. The fourth-order valence-corrected chi connectivity index (χ4v) is 7.03. The second-order valence-electron chi connectivity index (χ2n) is 10.7. The van der Waals surface area contributed by atoms with Crippen molar-refractivity contribution in [3.63, 3.8) is 0 Å². The Hall–Kier alpha value is -3.91. The first-order valence-corrected chi connectivity index (χ1v) is 16.9. The van der Waals surface area contributed by atoms with Crippen LogP contribution in [0.15, 0.2) is 113 Å². The zero-order valence-electron chi connectivity index (χ0n) is 24.6. The second-order valence-corrected chi connectivity index (χ2v) is 13.5. The van der Waals surface area contributed by atoms with E-state index in [2.05, 4.69) is 20.2 Å². The number of aryl methyl sites for hydroxylation is 1. The summed E-state index contributed by atoms with van der Waals surface area (Å²) in [5, 5.41) is 21.9. The highest BCUT2D eigenvalue weighted by molar-refractivity contribution is 7.99. The SMILES string of the molecule is Cn1nnnc1SC[C@H]1C[C@@H](c2ccc(CO)cc2)O[C@@H](c2cccc(-c3cccc(CNS(=O)(=O)c4ccccc4)c3)c2)O1. The average Bonchev–Trinajstić information content (AvgIpc) is 3.51. The van der Waals surface area contributed by atoms with E-state index in [-0.39, 0.29) is 30.3 Å². The van der Waals surface area contributed by atoms with Crippen molar-refractivity contribution in [2.75, 3.05) is 5.75 Å². The van der Waals surface area contributed by atoms with E-state index in [1.807, 2.05) is 72.8 Å². The van der Waals surface area contributed by atoms with Gasteiger partial charge in [0.05, 0.1) is 23.7 Å². The third-order valence-electron chi connectivity index (χ3n) is 7.53. The number of ether oxygens (including phenoxy) is 2. The largest absolute Gasteiger partial charge is 0.392 e. The molecular formula is C33H33N5O5S2. The Morgan fingerprint density at radius 3 is 2.38 bits per heavy atom. The molecule has 4 aromatic carbocycles. The number of tetrazole rings is 1. The van der Waals surface area contributed by atoms with Gasteiger partial charge in [-0.1, -0.05) is 90.6 Å². The predicted molar refractivity (Wildman–Crippen MR) is 170 cm³/mol. The minimum atomic E-state index is -3.63. The van der Waals surface area contributed by atoms with Crippen molar-refractivity contribution in [2.24, 2.45) is 7.05 Å². The van der Waals surface area contributed by atoms with E-state index in [4.69, 9.17) is 9.47 Å². The van der Waals surface area contributed by atoms with Crippen LogP contribution in [0.4, 0.5) is 0 Å². The van der Waals surface area contributed by atoms with Crippen LogP contribution in [0.2, 0.25) is 0 Å². The lowest BCUT2D eigenvalue weighted by molar-refractivity contribution is -0.245. The van der Waals surface area contributed by atoms with Crippen LogP contribution in [0.25, 0.3) is 11.1 Å². The fraction of sp³-hybridized carbons (Fsp3) is 0.242. The first-order chi connectivity index (χ1) is 21.9. The van der Waals surface area contributed by atoms with E-state index < -0.39 is 16.3 Å². The molecule has 6 rings (SSSR count). The van der Waals surface area contributed by atoms with E-state index in [9.17, 15) is 13.5 Å². The lowest BCUT2D eigenvalue weighted by Gasteiger charge is -2.36. The van der Waals surface area contributed by atoms with Crippen LogP contribution in [-0.2, 0) is 39.7 Å². The third-order valence-corrected chi connectivity index (χ3v) is 10.1. The summed E-state index contributed by atoms with van der Waals surface area (Å²) in [5.41, 5.74) is 5.46. The highest BCUT2D eigenvalue weighted by Crippen LogP contribution is 2.40. The van der Waals surface area contributed by atoms with Crippen LogP contribution in [0.1, 0.15) is 41.1 Å². The molecular weight excluding hydrogens is 611 g/mol. The Morgan fingerprint density at radius 2 is 1.64 bits per heavy atom. The van der Waals surface area contributed by atoms with Crippen LogP contribution in [0.3, 0.4) is 0 Å². The van der Waals surface area contributed by atoms with Gasteiger partial charge < -0.3 is 14.6 Å². The third kappa shape index (κ3) is 7.67. The number of hydrogen-bond donors (Lipinski definition) is 2. The van der Waals surface area contributed by atoms with Crippen molar-refractivity contribution in [1.29, 1.82) is 0 Å². The Kier molecular flexibility index (Phi) is 9.69. The fourth-order valence-electron chi connectivity index (χ4n) is 5.12. The first kappa shape index (κ1) is 31.1. The Balaban J connectivity index is 1.21. The van der Waals surface area contributed by atoms with Crippen molar-refractivity contribution in [2.45, 2.75) is 48.1 Å². The van der Waals surface area contributed by atoms with Crippen LogP contribution in [-0.4, -0.2) is 45.6 Å². The van der Waals surface area contributed by atoms with Gasteiger partial charge in [-0.25, -0.2) is 17.8 Å². The molecule has 0 amide bonds. The molecule has 0 spiro atoms. The molecule has 0 bridgehead atoms. The minimum Gasteiger partial charge on any atom is -0.392 e. The van der Waals surface area contributed by atoms with Crippen molar-refractivity contribution in [1.82, 2.24) is 24.9 Å². The van der Waals surface area contributed by atoms with E-state index >= 15 is 0 Å². The molecule has 45 heavy (non-hydrogen) atoms. The molecule has 2 heterocycles. The molecule has 1 aliphatic heterocycles. The summed E-state index contributed by atoms with van der Waals surface area (Å²) in [6.45, 7) is 0.145. The Labute approximate surface area is 266 Å². The lowest BCUT2D eigenvalue weighted by Crippen LogP contribution is -2.31. The molecule has 232 valence electrons. The van der Waals surface area contributed by atoms with E-state index in [1.54, 1.807) is 42.1 Å². The topological polar surface area (TPSA) is 128 Å². The molecule has 1 aromatic heterocycles. The summed E-state index contributed by atoms with van der Waals surface area (Å²) in [7, 11) is -1.82. The van der Waals surface area contributed by atoms with Gasteiger partial charge in [0, 0.05) is 31.3 Å². The summed E-state index contributed by atoms with van der Waals surface area (Å²) in [6.07, 6.45) is -0.333. The van der Waals surface area contributed by atoms with Gasteiger partial charge in [0.15, 0.2) is 6.29 Å². The first-order valence-electron chi connectivity index (χ1n) is 14.5. The number of thioether (sulfide) groups is 1. The molecule has 2 N–H and O–H groups in total. The maximum Gasteiger partial charge on any atom is 0.240 e. The molecule has 10 nitrogen and oxygen atoms in total. The van der Waals surface area contributed by atoms with Crippen molar-refractivity contribution < 1.29 is 23.0 Å². The number of nitrogens with zero attached hydrogens (tertiary/aromatic N) is 4. The molecule has 0 aliphatic carbocycles. The normalized spacial score (nSPS) is 18.6. The smallest absolute Gasteiger partial charge is 0.240 e. The molecule has 1 saturated heterocycles. The molecule has 1 aliphatic rings. The molecule has 12 heteroatoms. The van der Waals surface area contributed by atoms with Crippen molar-refractivity contribution in [3.05, 3.63) is 125 Å². The number of nitrogens with one attached hydrogen (secondary N) is 1. The molecule has 0 saturated carbocycles. The summed E-state index contributed by atoms with van der Waals surface area (Å²) < 4.78 is 42.8. The second kappa shape index (κ2) is 14.0. The number of benzene rings is 4. The molecule has 5 aromatic rings. The monoisotopic (exact) mass is 643 g/mol. The van der Waals surface area contributed by atoms with Gasteiger partial charge in [0.2, 0.25) is 15.2 Å². The van der Waals surface area contributed by atoms with Crippen LogP contribution in [0, 0.1) is 0 Å². The van der Waals surface area contributed by atoms with E-state index in [1.165, 1.54) is 11.8 Å². The summed E-state index contributed by atoms with van der Waals surface area (Å²) >= 11 is 1.53. The number of rotatable bonds is 11. The molecule has 3 atom stereocenters. The lowest BCUT2D eigenvalue weighted by atomic mass is 9.99. The quantitative estimate of drug-likeness (QED) is 0.187. The average molecular weight is 644 g/mol. The van der Waals surface area contributed by atoms with E-state index in [0.29, 0.717) is 17.3 Å². The van der Waals surface area contributed by atoms with Gasteiger partial charge in [-0.05, 0) is 62.5 Å². The zero-order valence-corrected chi connectivity index (χ0v) is 26.2. The standard InChI is InChI=1S/C33H33N5O5S2/c1-38-33(35-36-37-38)44-22-29-19-31(25-15-13-23(21-39)14-16-25)43-32(42-29)28-10-6-9-27(18-28)26-8-5-7-24(17-26)20-34-45(40,41)30-11-3-2-4-12-30/h2-18,29,31-32,34,39H,19-22H2,1H3/t29-,31+,32+/m1/s1. The van der Waals surface area contributed by atoms with Crippen molar-refractivity contribution in [3.8, 4) is 11.1 Å². The highest BCUT2D eigenvalue weighted by Gasteiger charge is 2.32. The van der Waals surface area contributed by atoms with Gasteiger partial charge in [0.25, 0.3) is 0 Å². The van der Waals surface area contributed by atoms with Gasteiger partial charge in [-0.2, -0.15) is 0 Å². The maximum atomic E-state index is 12.7.